The Morgan fingerprint density at radius 2 is 2.00 bits per heavy atom. The first-order valence-corrected chi connectivity index (χ1v) is 8.36. The first kappa shape index (κ1) is 17.1. The summed E-state index contributed by atoms with van der Waals surface area (Å²) in [4.78, 5) is 26.0. The lowest BCUT2D eigenvalue weighted by Crippen LogP contribution is -2.38. The number of likely N-dealkylation sites (tertiary alicyclic amines) is 1. The van der Waals surface area contributed by atoms with E-state index in [9.17, 15) is 9.59 Å². The molecule has 0 spiro atoms. The van der Waals surface area contributed by atoms with Crippen LogP contribution in [0.4, 0.5) is 5.69 Å². The number of nitrogens with zero attached hydrogens (tertiary/aromatic N) is 2. The van der Waals surface area contributed by atoms with Gasteiger partial charge in [0.05, 0.1) is 0 Å². The van der Waals surface area contributed by atoms with Crippen molar-refractivity contribution in [2.24, 2.45) is 0 Å². The molecule has 25 heavy (non-hydrogen) atoms. The minimum absolute atomic E-state index is 0.0250. The SMILES string of the molecule is C=CC(=O)Nc1ccc(C(=O)N2CCC(c3n[nH]c(=S)o3)CC2)cc1. The summed E-state index contributed by atoms with van der Waals surface area (Å²) < 4.78 is 5.36. The quantitative estimate of drug-likeness (QED) is 0.648. The van der Waals surface area contributed by atoms with Crippen LogP contribution < -0.4 is 5.32 Å². The van der Waals surface area contributed by atoms with Crippen LogP contribution in [0.15, 0.2) is 41.3 Å². The van der Waals surface area contributed by atoms with Crippen LogP contribution in [0.3, 0.4) is 0 Å². The number of hydrogen-bond acceptors (Lipinski definition) is 5. The number of aromatic amines is 1. The van der Waals surface area contributed by atoms with Gasteiger partial charge in [0.15, 0.2) is 0 Å². The second kappa shape index (κ2) is 7.43. The van der Waals surface area contributed by atoms with E-state index in [0.717, 1.165) is 12.8 Å². The van der Waals surface area contributed by atoms with E-state index >= 15 is 0 Å². The van der Waals surface area contributed by atoms with Crippen LogP contribution >= 0.6 is 12.2 Å². The number of carbonyl (C=O) groups is 2. The number of piperidine rings is 1. The predicted octanol–water partition coefficient (Wildman–Crippen LogP) is 2.88. The number of carbonyl (C=O) groups excluding carboxylic acids is 2. The van der Waals surface area contributed by atoms with Crippen LogP contribution in [0.5, 0.6) is 0 Å². The Labute approximate surface area is 149 Å². The lowest BCUT2D eigenvalue weighted by molar-refractivity contribution is -0.111. The molecule has 8 heteroatoms. The fourth-order valence-electron chi connectivity index (χ4n) is 2.82. The number of benzene rings is 1. The Morgan fingerprint density at radius 3 is 2.56 bits per heavy atom. The Balaban J connectivity index is 1.59. The van der Waals surface area contributed by atoms with Gasteiger partial charge in [-0.1, -0.05) is 6.58 Å². The predicted molar refractivity (Wildman–Crippen MR) is 94.8 cm³/mol. The molecule has 0 bridgehead atoms. The van der Waals surface area contributed by atoms with Crippen molar-refractivity contribution < 1.29 is 14.0 Å². The van der Waals surface area contributed by atoms with Crippen molar-refractivity contribution in [3.8, 4) is 0 Å². The molecule has 3 rings (SSSR count). The van der Waals surface area contributed by atoms with E-state index in [1.165, 1.54) is 6.08 Å². The van der Waals surface area contributed by atoms with Crippen molar-refractivity contribution in [3.63, 3.8) is 0 Å². The summed E-state index contributed by atoms with van der Waals surface area (Å²) in [5, 5.41) is 9.35. The molecule has 0 saturated carbocycles. The molecule has 0 unspecified atom stereocenters. The van der Waals surface area contributed by atoms with Gasteiger partial charge in [-0.3, -0.25) is 9.59 Å². The third-order valence-electron chi connectivity index (χ3n) is 4.17. The molecule has 1 aromatic heterocycles. The second-order valence-electron chi connectivity index (χ2n) is 5.79. The van der Waals surface area contributed by atoms with Crippen molar-refractivity contribution >= 4 is 29.7 Å². The summed E-state index contributed by atoms with van der Waals surface area (Å²) in [6.07, 6.45) is 2.76. The van der Waals surface area contributed by atoms with Gasteiger partial charge in [0, 0.05) is 30.3 Å². The highest BCUT2D eigenvalue weighted by atomic mass is 32.1. The molecule has 0 radical (unpaired) electrons. The third-order valence-corrected chi connectivity index (χ3v) is 4.35. The highest BCUT2D eigenvalue weighted by Crippen LogP contribution is 2.27. The third kappa shape index (κ3) is 4.03. The number of anilines is 1. The standard InChI is InChI=1S/C17H18N4O3S/c1-2-14(22)18-13-5-3-12(4-6-13)16(23)21-9-7-11(8-10-21)15-19-20-17(25)24-15/h2-6,11H,1,7-10H2,(H,18,22)(H,20,25). The molecule has 0 atom stereocenters. The van der Waals surface area contributed by atoms with Gasteiger partial charge in [-0.2, -0.15) is 0 Å². The van der Waals surface area contributed by atoms with E-state index in [1.54, 1.807) is 24.3 Å². The normalized spacial score (nSPS) is 15.0. The molecule has 1 aliphatic rings. The second-order valence-corrected chi connectivity index (χ2v) is 6.16. The molecule has 1 fully saturated rings. The number of H-pyrrole nitrogens is 1. The zero-order valence-electron chi connectivity index (χ0n) is 13.5. The fourth-order valence-corrected chi connectivity index (χ4v) is 2.95. The molecular weight excluding hydrogens is 340 g/mol. The summed E-state index contributed by atoms with van der Waals surface area (Å²) in [5.41, 5.74) is 1.22. The molecule has 0 aliphatic carbocycles. The van der Waals surface area contributed by atoms with Gasteiger partial charge in [0.1, 0.15) is 0 Å². The van der Waals surface area contributed by atoms with Crippen molar-refractivity contribution in [2.75, 3.05) is 18.4 Å². The first-order valence-electron chi connectivity index (χ1n) is 7.95. The zero-order chi connectivity index (χ0) is 17.8. The number of amides is 2. The van der Waals surface area contributed by atoms with Gasteiger partial charge in [0.25, 0.3) is 10.7 Å². The highest BCUT2D eigenvalue weighted by Gasteiger charge is 2.27. The summed E-state index contributed by atoms with van der Waals surface area (Å²) in [5.74, 6) is 0.475. The van der Waals surface area contributed by atoms with E-state index in [4.69, 9.17) is 16.6 Å². The maximum atomic E-state index is 12.6. The topological polar surface area (TPSA) is 91.2 Å². The van der Waals surface area contributed by atoms with E-state index in [-0.39, 0.29) is 22.6 Å². The summed E-state index contributed by atoms with van der Waals surface area (Å²) in [7, 11) is 0. The average molecular weight is 358 g/mol. The maximum absolute atomic E-state index is 12.6. The van der Waals surface area contributed by atoms with E-state index in [0.29, 0.717) is 30.2 Å². The van der Waals surface area contributed by atoms with Crippen LogP contribution in [-0.4, -0.2) is 40.0 Å². The van der Waals surface area contributed by atoms with Crippen LogP contribution in [-0.2, 0) is 4.79 Å². The number of nitrogens with one attached hydrogen (secondary N) is 2. The van der Waals surface area contributed by atoms with Gasteiger partial charge in [-0.05, 0) is 55.4 Å². The molecule has 2 amide bonds. The summed E-state index contributed by atoms with van der Waals surface area (Å²) >= 11 is 4.89. The Morgan fingerprint density at radius 1 is 1.32 bits per heavy atom. The van der Waals surface area contributed by atoms with E-state index < -0.39 is 0 Å². The van der Waals surface area contributed by atoms with Gasteiger partial charge >= 0.3 is 0 Å². The molecule has 7 nitrogen and oxygen atoms in total. The molecule has 1 saturated heterocycles. The molecular formula is C17H18N4O3S. The molecule has 2 heterocycles. The molecule has 1 aromatic carbocycles. The Bertz CT molecular complexity index is 832. The number of rotatable bonds is 4. The lowest BCUT2D eigenvalue weighted by Gasteiger charge is -2.30. The van der Waals surface area contributed by atoms with Gasteiger partial charge in [-0.15, -0.1) is 5.10 Å². The van der Waals surface area contributed by atoms with Crippen molar-refractivity contribution in [1.82, 2.24) is 15.1 Å². The van der Waals surface area contributed by atoms with Crippen molar-refractivity contribution in [1.29, 1.82) is 0 Å². The minimum atomic E-state index is -0.285. The van der Waals surface area contributed by atoms with Crippen LogP contribution in [0.1, 0.15) is 35.0 Å². The van der Waals surface area contributed by atoms with Crippen LogP contribution in [0, 0.1) is 4.84 Å². The number of hydrogen-bond donors (Lipinski definition) is 2. The van der Waals surface area contributed by atoms with E-state index in [2.05, 4.69) is 22.1 Å². The van der Waals surface area contributed by atoms with Crippen LogP contribution in [0.2, 0.25) is 0 Å². The lowest BCUT2D eigenvalue weighted by atomic mass is 9.96. The molecule has 2 aromatic rings. The van der Waals surface area contributed by atoms with Crippen LogP contribution in [0.25, 0.3) is 0 Å². The molecule has 2 N–H and O–H groups in total. The largest absolute Gasteiger partial charge is 0.414 e. The first-order chi connectivity index (χ1) is 12.1. The van der Waals surface area contributed by atoms with Crippen molar-refractivity contribution in [3.05, 3.63) is 53.2 Å². The minimum Gasteiger partial charge on any atom is -0.414 e. The average Bonchev–Trinajstić information content (AvgIpc) is 3.08. The zero-order valence-corrected chi connectivity index (χ0v) is 14.3. The molecule has 130 valence electrons. The van der Waals surface area contributed by atoms with Gasteiger partial charge < -0.3 is 14.6 Å². The van der Waals surface area contributed by atoms with E-state index in [1.807, 2.05) is 4.90 Å². The highest BCUT2D eigenvalue weighted by molar-refractivity contribution is 7.71. The molecule has 1 aliphatic heterocycles. The fraction of sp³-hybridized carbons (Fsp3) is 0.294. The Hall–Kier alpha value is -2.74. The van der Waals surface area contributed by atoms with Gasteiger partial charge in [-0.25, -0.2) is 5.10 Å². The van der Waals surface area contributed by atoms with Gasteiger partial charge in [0.2, 0.25) is 11.8 Å². The Kier molecular flexibility index (Phi) is 5.08. The smallest absolute Gasteiger partial charge is 0.284 e. The number of aromatic nitrogens is 2. The maximum Gasteiger partial charge on any atom is 0.284 e. The van der Waals surface area contributed by atoms with Crippen molar-refractivity contribution in [2.45, 2.75) is 18.8 Å². The summed E-state index contributed by atoms with van der Waals surface area (Å²) in [6, 6.07) is 6.82. The monoisotopic (exact) mass is 358 g/mol. The summed E-state index contributed by atoms with van der Waals surface area (Å²) in [6.45, 7) is 4.67.